The number of amides is 2. The summed E-state index contributed by atoms with van der Waals surface area (Å²) in [7, 11) is 0. The monoisotopic (exact) mass is 432 g/mol. The van der Waals surface area contributed by atoms with E-state index >= 15 is 0 Å². The first kappa shape index (κ1) is 20.4. The minimum absolute atomic E-state index is 0.0340. The highest BCUT2D eigenvalue weighted by Crippen LogP contribution is 2.36. The molecule has 0 aliphatic rings. The Bertz CT molecular complexity index is 1130. The molecular formula is C20H14Cl2N2O5. The lowest BCUT2D eigenvalue weighted by atomic mass is 10.1. The van der Waals surface area contributed by atoms with Crippen LogP contribution >= 0.6 is 23.2 Å². The van der Waals surface area contributed by atoms with Gasteiger partial charge in [-0.1, -0.05) is 23.2 Å². The van der Waals surface area contributed by atoms with Crippen molar-refractivity contribution in [2.45, 2.75) is 0 Å². The van der Waals surface area contributed by atoms with Gasteiger partial charge in [0.05, 0.1) is 10.6 Å². The number of carboxylic acid groups (broad SMARTS) is 1. The standard InChI is InChI=1S/C20H14Cl2N2O5/c21-13-6-11-5-12(20(27)28)7-16(18(11)15(22)8-13)29-9-17(25)24-14-3-1-10(2-4-14)19(23)26/h1-8H,9H2,(H2,23,26)(H,24,25)(H,27,28). The van der Waals surface area contributed by atoms with Gasteiger partial charge in [-0.05, 0) is 53.9 Å². The van der Waals surface area contributed by atoms with Crippen molar-refractivity contribution in [3.8, 4) is 5.75 Å². The Labute approximate surface area is 175 Å². The highest BCUT2D eigenvalue weighted by atomic mass is 35.5. The number of benzene rings is 3. The molecule has 3 rings (SSSR count). The van der Waals surface area contributed by atoms with E-state index in [2.05, 4.69) is 5.32 Å². The maximum absolute atomic E-state index is 12.2. The number of anilines is 1. The molecule has 3 aromatic carbocycles. The summed E-state index contributed by atoms with van der Waals surface area (Å²) in [6, 6.07) is 11.8. The topological polar surface area (TPSA) is 119 Å². The molecule has 7 nitrogen and oxygen atoms in total. The molecule has 0 spiro atoms. The lowest BCUT2D eigenvalue weighted by Crippen LogP contribution is -2.20. The molecule has 0 atom stereocenters. The number of rotatable bonds is 6. The van der Waals surface area contributed by atoms with E-state index < -0.39 is 24.4 Å². The summed E-state index contributed by atoms with van der Waals surface area (Å²) in [5.41, 5.74) is 5.89. The SMILES string of the molecule is NC(=O)c1ccc(NC(=O)COc2cc(C(=O)O)cc3cc(Cl)cc(Cl)c23)cc1. The van der Waals surface area contributed by atoms with Crippen LogP contribution in [0, 0.1) is 0 Å². The van der Waals surface area contributed by atoms with Gasteiger partial charge < -0.3 is 20.9 Å². The number of carboxylic acids is 1. The van der Waals surface area contributed by atoms with Crippen molar-refractivity contribution in [3.63, 3.8) is 0 Å². The number of carbonyl (C=O) groups is 3. The van der Waals surface area contributed by atoms with Crippen molar-refractivity contribution in [1.82, 2.24) is 0 Å². The number of hydrogen-bond acceptors (Lipinski definition) is 4. The summed E-state index contributed by atoms with van der Waals surface area (Å²) in [6.45, 7) is -0.394. The second-order valence-corrected chi connectivity index (χ2v) is 6.89. The van der Waals surface area contributed by atoms with Gasteiger partial charge in [0.25, 0.3) is 5.91 Å². The van der Waals surface area contributed by atoms with Crippen LogP contribution in [0.15, 0.2) is 48.5 Å². The van der Waals surface area contributed by atoms with Gasteiger partial charge in [-0.15, -0.1) is 0 Å². The van der Waals surface area contributed by atoms with E-state index in [1.165, 1.54) is 42.5 Å². The predicted molar refractivity (Wildman–Crippen MR) is 110 cm³/mol. The van der Waals surface area contributed by atoms with Crippen molar-refractivity contribution >= 4 is 57.4 Å². The van der Waals surface area contributed by atoms with Crippen LogP contribution in [-0.4, -0.2) is 29.5 Å². The Morgan fingerprint density at radius 3 is 2.31 bits per heavy atom. The lowest BCUT2D eigenvalue weighted by Gasteiger charge is -2.13. The van der Waals surface area contributed by atoms with Gasteiger partial charge in [0.2, 0.25) is 5.91 Å². The fourth-order valence-electron chi connectivity index (χ4n) is 2.69. The minimum atomic E-state index is -1.16. The van der Waals surface area contributed by atoms with Crippen molar-refractivity contribution in [2.75, 3.05) is 11.9 Å². The summed E-state index contributed by atoms with van der Waals surface area (Å²) >= 11 is 12.2. The normalized spacial score (nSPS) is 10.6. The molecule has 29 heavy (non-hydrogen) atoms. The zero-order valence-corrected chi connectivity index (χ0v) is 16.3. The molecule has 0 unspecified atom stereocenters. The molecule has 9 heteroatoms. The first-order chi connectivity index (χ1) is 13.7. The van der Waals surface area contributed by atoms with Crippen molar-refractivity contribution in [2.24, 2.45) is 5.73 Å². The number of nitrogens with two attached hydrogens (primary N) is 1. The molecule has 0 fully saturated rings. The van der Waals surface area contributed by atoms with Gasteiger partial charge in [0.15, 0.2) is 6.61 Å². The number of halogens is 2. The highest BCUT2D eigenvalue weighted by molar-refractivity contribution is 6.39. The van der Waals surface area contributed by atoms with Gasteiger partial charge in [0.1, 0.15) is 5.75 Å². The van der Waals surface area contributed by atoms with Crippen LogP contribution in [0.3, 0.4) is 0 Å². The third kappa shape index (κ3) is 4.77. The Morgan fingerprint density at radius 1 is 1.00 bits per heavy atom. The predicted octanol–water partition coefficient (Wildman–Crippen LogP) is 3.96. The second-order valence-electron chi connectivity index (χ2n) is 6.04. The third-order valence-corrected chi connectivity index (χ3v) is 4.50. The van der Waals surface area contributed by atoms with Gasteiger partial charge in [-0.3, -0.25) is 9.59 Å². The largest absolute Gasteiger partial charge is 0.483 e. The average Bonchev–Trinajstić information content (AvgIpc) is 2.65. The van der Waals surface area contributed by atoms with E-state index in [-0.39, 0.29) is 16.3 Å². The first-order valence-corrected chi connectivity index (χ1v) is 8.99. The van der Waals surface area contributed by atoms with Crippen LogP contribution in [-0.2, 0) is 4.79 Å². The van der Waals surface area contributed by atoms with Gasteiger partial charge in [0, 0.05) is 21.7 Å². The van der Waals surface area contributed by atoms with E-state index in [0.29, 0.717) is 27.0 Å². The maximum Gasteiger partial charge on any atom is 0.335 e. The fourth-order valence-corrected chi connectivity index (χ4v) is 3.29. The Morgan fingerprint density at radius 2 is 1.69 bits per heavy atom. The molecule has 0 heterocycles. The van der Waals surface area contributed by atoms with Gasteiger partial charge >= 0.3 is 5.97 Å². The van der Waals surface area contributed by atoms with E-state index in [9.17, 15) is 19.5 Å². The van der Waals surface area contributed by atoms with E-state index in [1.807, 2.05) is 0 Å². The molecule has 2 amide bonds. The number of carbonyl (C=O) groups excluding carboxylic acids is 2. The second kappa shape index (κ2) is 8.38. The average molecular weight is 433 g/mol. The third-order valence-electron chi connectivity index (χ3n) is 3.99. The molecule has 0 bridgehead atoms. The molecule has 3 aromatic rings. The Hall–Kier alpha value is -3.29. The molecule has 0 saturated carbocycles. The molecule has 0 radical (unpaired) electrons. The van der Waals surface area contributed by atoms with Gasteiger partial charge in [-0.2, -0.15) is 0 Å². The molecule has 0 aliphatic carbocycles. The van der Waals surface area contributed by atoms with E-state index in [1.54, 1.807) is 6.07 Å². The van der Waals surface area contributed by atoms with Crippen LogP contribution in [0.5, 0.6) is 5.75 Å². The van der Waals surface area contributed by atoms with E-state index in [0.717, 1.165) is 0 Å². The molecule has 0 saturated heterocycles. The molecule has 148 valence electrons. The van der Waals surface area contributed by atoms with Gasteiger partial charge in [-0.25, -0.2) is 4.79 Å². The molecule has 0 aliphatic heterocycles. The number of aromatic carboxylic acids is 1. The summed E-state index contributed by atoms with van der Waals surface area (Å²) in [4.78, 5) is 34.7. The van der Waals surface area contributed by atoms with Crippen molar-refractivity contribution in [1.29, 1.82) is 0 Å². The molecular weight excluding hydrogens is 419 g/mol. The van der Waals surface area contributed by atoms with E-state index in [4.69, 9.17) is 33.7 Å². The molecule has 0 aromatic heterocycles. The fraction of sp³-hybridized carbons (Fsp3) is 0.0500. The maximum atomic E-state index is 12.2. The van der Waals surface area contributed by atoms with Crippen molar-refractivity contribution < 1.29 is 24.2 Å². The van der Waals surface area contributed by atoms with Crippen LogP contribution in [0.4, 0.5) is 5.69 Å². The lowest BCUT2D eigenvalue weighted by molar-refractivity contribution is -0.118. The summed E-state index contributed by atoms with van der Waals surface area (Å²) in [5, 5.41) is 13.4. The minimum Gasteiger partial charge on any atom is -0.483 e. The molecule has 4 N–H and O–H groups in total. The Balaban J connectivity index is 1.81. The summed E-state index contributed by atoms with van der Waals surface area (Å²) < 4.78 is 5.55. The zero-order chi connectivity index (χ0) is 21.1. The number of hydrogen-bond donors (Lipinski definition) is 3. The smallest absolute Gasteiger partial charge is 0.335 e. The zero-order valence-electron chi connectivity index (χ0n) is 14.7. The summed E-state index contributed by atoms with van der Waals surface area (Å²) in [6.07, 6.45) is 0. The quantitative estimate of drug-likeness (QED) is 0.544. The van der Waals surface area contributed by atoms with Crippen LogP contribution in [0.2, 0.25) is 10.0 Å². The number of fused-ring (bicyclic) bond motifs is 1. The Kier molecular flexibility index (Phi) is 5.91. The van der Waals surface area contributed by atoms with Crippen LogP contribution < -0.4 is 15.8 Å². The highest BCUT2D eigenvalue weighted by Gasteiger charge is 2.15. The number of primary amides is 1. The van der Waals surface area contributed by atoms with Crippen LogP contribution in [0.1, 0.15) is 20.7 Å². The van der Waals surface area contributed by atoms with Crippen molar-refractivity contribution in [3.05, 3.63) is 69.7 Å². The van der Waals surface area contributed by atoms with Crippen LogP contribution in [0.25, 0.3) is 10.8 Å². The summed E-state index contributed by atoms with van der Waals surface area (Å²) in [5.74, 6) is -2.09. The number of nitrogens with one attached hydrogen (secondary N) is 1. The number of ether oxygens (including phenoxy) is 1. The first-order valence-electron chi connectivity index (χ1n) is 8.23.